The Labute approximate surface area is 197 Å². The van der Waals surface area contributed by atoms with Gasteiger partial charge in [0.05, 0.1) is 20.3 Å². The van der Waals surface area contributed by atoms with Crippen LogP contribution < -0.4 is 19.6 Å². The zero-order valence-electron chi connectivity index (χ0n) is 18.8. The van der Waals surface area contributed by atoms with Gasteiger partial charge in [0.15, 0.2) is 28.8 Å². The molecule has 5 atom stereocenters. The molecule has 1 saturated heterocycles. The molecule has 188 valence electrons. The summed E-state index contributed by atoms with van der Waals surface area (Å²) in [6.45, 7) is 1.43. The van der Waals surface area contributed by atoms with Crippen molar-refractivity contribution >= 4 is 11.0 Å². The molecule has 0 spiro atoms. The first kappa shape index (κ1) is 24.4. The lowest BCUT2D eigenvalue weighted by Crippen LogP contribution is -2.58. The van der Waals surface area contributed by atoms with Gasteiger partial charge in [0.2, 0.25) is 23.2 Å². The topological polar surface area (TPSA) is 189 Å². The maximum atomic E-state index is 13.6. The number of aliphatic hydroxyl groups is 3. The standard InChI is InChI=1S/C23H24O12/c1-8-15(26)18(29)19(30)23(33-8)35-22-17(28)14-12(7-13(31-2)21(32-3)16(14)27)34-20(22)9-4-5-10(24)11(25)6-9/h4-8,15,18-19,23-27,29-30H,1-3H3/t8-,15+,18-,19-,23+/m1/s1. The highest BCUT2D eigenvalue weighted by atomic mass is 16.7. The molecule has 12 nitrogen and oxygen atoms in total. The van der Waals surface area contributed by atoms with Gasteiger partial charge in [0.1, 0.15) is 29.3 Å². The van der Waals surface area contributed by atoms with Crippen molar-refractivity contribution in [1.82, 2.24) is 0 Å². The fraction of sp³-hybridized carbons (Fsp3) is 0.348. The van der Waals surface area contributed by atoms with E-state index in [1.165, 1.54) is 33.3 Å². The van der Waals surface area contributed by atoms with E-state index in [-0.39, 0.29) is 33.8 Å². The lowest BCUT2D eigenvalue weighted by Gasteiger charge is -2.38. The van der Waals surface area contributed by atoms with Gasteiger partial charge in [-0.25, -0.2) is 0 Å². The second kappa shape index (κ2) is 9.15. The van der Waals surface area contributed by atoms with Crippen molar-refractivity contribution < 1.29 is 54.0 Å². The predicted molar refractivity (Wildman–Crippen MR) is 119 cm³/mol. The van der Waals surface area contributed by atoms with Crippen LogP contribution in [0.1, 0.15) is 6.92 Å². The van der Waals surface area contributed by atoms with Gasteiger partial charge >= 0.3 is 0 Å². The Bertz CT molecular complexity index is 1320. The van der Waals surface area contributed by atoms with Crippen LogP contribution in [0.25, 0.3) is 22.3 Å². The van der Waals surface area contributed by atoms with Gasteiger partial charge < -0.3 is 54.0 Å². The lowest BCUT2D eigenvalue weighted by molar-refractivity contribution is -0.268. The van der Waals surface area contributed by atoms with Crippen LogP contribution in [0, 0.1) is 0 Å². The monoisotopic (exact) mass is 492 g/mol. The highest BCUT2D eigenvalue weighted by molar-refractivity contribution is 5.91. The van der Waals surface area contributed by atoms with Crippen LogP contribution in [0.3, 0.4) is 0 Å². The van der Waals surface area contributed by atoms with Crippen molar-refractivity contribution in [2.24, 2.45) is 0 Å². The molecule has 1 aliphatic heterocycles. The lowest BCUT2D eigenvalue weighted by atomic mass is 10.00. The summed E-state index contributed by atoms with van der Waals surface area (Å²) in [6.07, 6.45) is -7.39. The Kier molecular flexibility index (Phi) is 6.38. The molecule has 6 N–H and O–H groups in total. The molecule has 12 heteroatoms. The molecule has 35 heavy (non-hydrogen) atoms. The molecular weight excluding hydrogens is 468 g/mol. The summed E-state index contributed by atoms with van der Waals surface area (Å²) in [4.78, 5) is 13.6. The summed E-state index contributed by atoms with van der Waals surface area (Å²) in [7, 11) is 2.58. The quantitative estimate of drug-likeness (QED) is 0.275. The SMILES string of the molecule is COc1cc2oc(-c3ccc(O)c(O)c3)c(O[C@@H]3O[C@H](C)[C@H](O)[C@@H](O)[C@H]3O)c(=O)c2c(O)c1OC. The van der Waals surface area contributed by atoms with E-state index in [1.807, 2.05) is 0 Å². The molecule has 3 aromatic rings. The number of aliphatic hydroxyl groups excluding tert-OH is 3. The van der Waals surface area contributed by atoms with Gasteiger partial charge in [0.25, 0.3) is 0 Å². The fourth-order valence-electron chi connectivity index (χ4n) is 3.81. The van der Waals surface area contributed by atoms with Crippen LogP contribution in [-0.4, -0.2) is 75.6 Å². The first-order valence-corrected chi connectivity index (χ1v) is 10.4. The number of hydrogen-bond donors (Lipinski definition) is 6. The number of rotatable bonds is 5. The second-order valence-corrected chi connectivity index (χ2v) is 7.93. The van der Waals surface area contributed by atoms with Gasteiger partial charge in [0, 0.05) is 11.6 Å². The van der Waals surface area contributed by atoms with Crippen LogP contribution in [0.4, 0.5) is 0 Å². The first-order chi connectivity index (χ1) is 16.6. The van der Waals surface area contributed by atoms with Crippen molar-refractivity contribution in [2.75, 3.05) is 14.2 Å². The van der Waals surface area contributed by atoms with Gasteiger partial charge in [-0.05, 0) is 25.1 Å². The molecule has 1 aliphatic rings. The van der Waals surface area contributed by atoms with Crippen LogP contribution in [-0.2, 0) is 4.74 Å². The second-order valence-electron chi connectivity index (χ2n) is 7.93. The van der Waals surface area contributed by atoms with Crippen LogP contribution in [0.5, 0.6) is 34.5 Å². The summed E-state index contributed by atoms with van der Waals surface area (Å²) in [5, 5.41) is 60.5. The zero-order valence-corrected chi connectivity index (χ0v) is 18.8. The van der Waals surface area contributed by atoms with E-state index in [0.717, 1.165) is 12.1 Å². The van der Waals surface area contributed by atoms with E-state index in [9.17, 15) is 35.4 Å². The van der Waals surface area contributed by atoms with E-state index >= 15 is 0 Å². The number of ether oxygens (including phenoxy) is 4. The number of phenols is 3. The van der Waals surface area contributed by atoms with Crippen molar-refractivity contribution in [1.29, 1.82) is 0 Å². The maximum Gasteiger partial charge on any atom is 0.239 e. The molecule has 0 aliphatic carbocycles. The molecule has 1 fully saturated rings. The Balaban J connectivity index is 1.97. The average Bonchev–Trinajstić information content (AvgIpc) is 2.83. The molecule has 0 saturated carbocycles. The number of aromatic hydroxyl groups is 3. The summed E-state index contributed by atoms with van der Waals surface area (Å²) in [5.41, 5.74) is -0.951. The van der Waals surface area contributed by atoms with Gasteiger partial charge in [-0.1, -0.05) is 0 Å². The third-order valence-electron chi connectivity index (χ3n) is 5.74. The van der Waals surface area contributed by atoms with Gasteiger partial charge in [-0.3, -0.25) is 4.79 Å². The van der Waals surface area contributed by atoms with Crippen LogP contribution >= 0.6 is 0 Å². The molecule has 1 aromatic heterocycles. The Morgan fingerprint density at radius 3 is 2.23 bits per heavy atom. The summed E-state index contributed by atoms with van der Waals surface area (Å²) >= 11 is 0. The molecule has 2 heterocycles. The molecule has 0 bridgehead atoms. The minimum Gasteiger partial charge on any atom is -0.504 e. The smallest absolute Gasteiger partial charge is 0.239 e. The number of benzene rings is 2. The van der Waals surface area contributed by atoms with Crippen molar-refractivity contribution in [3.05, 3.63) is 34.5 Å². The summed E-state index contributed by atoms with van der Waals surface area (Å²) in [5.74, 6) is -2.44. The van der Waals surface area contributed by atoms with Gasteiger partial charge in [-0.2, -0.15) is 0 Å². The molecule has 2 aromatic carbocycles. The van der Waals surface area contributed by atoms with Crippen LogP contribution in [0.2, 0.25) is 0 Å². The largest absolute Gasteiger partial charge is 0.504 e. The molecule has 0 unspecified atom stereocenters. The number of methoxy groups -OCH3 is 2. The predicted octanol–water partition coefficient (Wildman–Crippen LogP) is 0.800. The van der Waals surface area contributed by atoms with E-state index in [2.05, 4.69) is 0 Å². The number of phenolic OH excluding ortho intramolecular Hbond substituents is 3. The van der Waals surface area contributed by atoms with E-state index in [4.69, 9.17) is 23.4 Å². The normalized spacial score (nSPS) is 24.3. The zero-order chi connectivity index (χ0) is 25.6. The van der Waals surface area contributed by atoms with Crippen molar-refractivity contribution in [3.63, 3.8) is 0 Å². The van der Waals surface area contributed by atoms with E-state index in [1.54, 1.807) is 0 Å². The number of fused-ring (bicyclic) bond motifs is 1. The summed E-state index contributed by atoms with van der Waals surface area (Å²) < 4.78 is 27.3. The Morgan fingerprint density at radius 2 is 1.60 bits per heavy atom. The van der Waals surface area contributed by atoms with E-state index in [0.29, 0.717) is 0 Å². The maximum absolute atomic E-state index is 13.6. The first-order valence-electron chi connectivity index (χ1n) is 10.4. The van der Waals surface area contributed by atoms with Crippen molar-refractivity contribution in [3.8, 4) is 45.8 Å². The van der Waals surface area contributed by atoms with Crippen LogP contribution in [0.15, 0.2) is 33.5 Å². The Hall–Kier alpha value is -3.71. The molecule has 4 rings (SSSR count). The molecule has 0 amide bonds. The minimum atomic E-state index is -1.75. The fourth-order valence-corrected chi connectivity index (χ4v) is 3.81. The van der Waals surface area contributed by atoms with Crippen molar-refractivity contribution in [2.45, 2.75) is 37.6 Å². The van der Waals surface area contributed by atoms with E-state index < -0.39 is 59.1 Å². The molecule has 0 radical (unpaired) electrons. The highest BCUT2D eigenvalue weighted by Gasteiger charge is 2.44. The minimum absolute atomic E-state index is 0.0609. The number of hydrogen-bond acceptors (Lipinski definition) is 12. The third-order valence-corrected chi connectivity index (χ3v) is 5.74. The third kappa shape index (κ3) is 4.06. The van der Waals surface area contributed by atoms with Gasteiger partial charge in [-0.15, -0.1) is 0 Å². The highest BCUT2D eigenvalue weighted by Crippen LogP contribution is 2.44. The summed E-state index contributed by atoms with van der Waals surface area (Å²) in [6, 6.07) is 4.88. The Morgan fingerprint density at radius 1 is 0.886 bits per heavy atom. The molecular formula is C23H24O12. The average molecular weight is 492 g/mol.